The van der Waals surface area contributed by atoms with Crippen LogP contribution in [0.25, 0.3) is 0 Å². The van der Waals surface area contributed by atoms with Gasteiger partial charge in [0.25, 0.3) is 0 Å². The Morgan fingerprint density at radius 1 is 0.929 bits per heavy atom. The van der Waals surface area contributed by atoms with Gasteiger partial charge in [-0.1, -0.05) is 22.5 Å². The van der Waals surface area contributed by atoms with E-state index in [1.807, 2.05) is 0 Å². The van der Waals surface area contributed by atoms with Gasteiger partial charge in [-0.05, 0) is 13.3 Å². The van der Waals surface area contributed by atoms with Crippen molar-refractivity contribution < 1.29 is 172 Å². The van der Waals surface area contributed by atoms with Gasteiger partial charge in [0.1, 0.15) is 13.2 Å². The molecule has 11 nitrogen and oxygen atoms in total. The van der Waals surface area contributed by atoms with Gasteiger partial charge in [-0.25, -0.2) is 4.79 Å². The van der Waals surface area contributed by atoms with Gasteiger partial charge >= 0.3 is 130 Å². The molecule has 0 saturated heterocycles. The molecule has 0 spiro atoms. The van der Waals surface area contributed by atoms with E-state index in [0.29, 0.717) is 0 Å². The van der Waals surface area contributed by atoms with Crippen molar-refractivity contribution >= 4 is 27.8 Å². The molecule has 0 aromatic rings. The first kappa shape index (κ1) is 41.5. The summed E-state index contributed by atoms with van der Waals surface area (Å²) in [5.41, 5.74) is 0.139. The van der Waals surface area contributed by atoms with Gasteiger partial charge in [0.15, 0.2) is 0 Å². The number of carbonyl (C=O) groups excluding carboxylic acids is 2. The molecule has 0 aliphatic heterocycles. The molecule has 0 bridgehead atoms. The molecule has 1 N–H and O–H groups in total. The maximum atomic E-state index is 11.3. The number of hydrogen-bond acceptors (Lipinski definition) is 11. The number of esters is 2. The predicted molar refractivity (Wildman–Crippen MR) is 69.4 cm³/mol. The van der Waals surface area contributed by atoms with Crippen molar-refractivity contribution in [1.29, 1.82) is 0 Å². The van der Waals surface area contributed by atoms with Gasteiger partial charge in [-0.2, -0.15) is 0 Å². The topological polar surface area (TPSA) is 211 Å². The smallest absolute Gasteiger partial charge is 0.683 e. The van der Waals surface area contributed by atoms with Gasteiger partial charge in [-0.15, -0.1) is 0 Å². The fourth-order valence-corrected chi connectivity index (χ4v) is 3.44. The molecule has 0 radical (unpaired) electrons. The number of aliphatic hydroxyl groups is 1. The van der Waals surface area contributed by atoms with Crippen LogP contribution in [0.1, 0.15) is 26.2 Å². The Balaban J connectivity index is -0.000000441. The van der Waals surface area contributed by atoms with Crippen molar-refractivity contribution in [3.8, 4) is 0 Å². The van der Waals surface area contributed by atoms with E-state index in [0.717, 1.165) is 0 Å². The van der Waals surface area contributed by atoms with Crippen LogP contribution in [-0.2, 0) is 19.1 Å². The molecule has 0 unspecified atom stereocenters. The van der Waals surface area contributed by atoms with E-state index in [-0.39, 0.29) is 137 Å². The molecule has 17 heteroatoms. The second-order valence-electron chi connectivity index (χ2n) is 4.76. The molecule has 0 aromatic carbocycles. The summed E-state index contributed by atoms with van der Waals surface area (Å²) >= 11 is 0. The van der Waals surface area contributed by atoms with Crippen LogP contribution in [0.2, 0.25) is 0 Å². The number of carbonyl (C=O) groups is 2. The van der Waals surface area contributed by atoms with Crippen molar-refractivity contribution in [2.45, 2.75) is 31.3 Å². The Morgan fingerprint density at radius 3 is 1.68 bits per heavy atom. The summed E-state index contributed by atoms with van der Waals surface area (Å²) in [6.45, 7) is 4.13. The molecular formula is C11H16Na4O11P2. The SMILES string of the molecule is C=C(C)C(=O)OCCOC(=O)CCCC(O)([P+]([O-])([O-])[O-])[P+]([O-])([O-])[O-].[Na+].[Na+].[Na+].[Na+]. The van der Waals surface area contributed by atoms with Crippen molar-refractivity contribution in [3.05, 3.63) is 12.2 Å². The van der Waals surface area contributed by atoms with Crippen LogP contribution in [0, 0.1) is 0 Å². The van der Waals surface area contributed by atoms with E-state index < -0.39 is 52.2 Å². The Labute approximate surface area is 252 Å². The van der Waals surface area contributed by atoms with Crippen LogP contribution >= 0.6 is 15.9 Å². The summed E-state index contributed by atoms with van der Waals surface area (Å²) < 4.78 is 9.19. The first-order chi connectivity index (χ1) is 10.7. The molecule has 0 aliphatic rings. The van der Waals surface area contributed by atoms with Gasteiger partial charge in [0.2, 0.25) is 5.08 Å². The van der Waals surface area contributed by atoms with Crippen LogP contribution in [0.3, 0.4) is 0 Å². The average Bonchev–Trinajstić information content (AvgIpc) is 2.40. The summed E-state index contributed by atoms with van der Waals surface area (Å²) in [5, 5.41) is 5.33. The monoisotopic (exact) mass is 478 g/mol. The summed E-state index contributed by atoms with van der Waals surface area (Å²) in [4.78, 5) is 87.0. The standard InChI is InChI=1S/C11H20O11P2.4Na/c1-8(2)10(13)22-7-6-21-9(12)4-3-5-11(14,23(15,16)17)24(18,19)20;;;;/h14H,1,3-7H2,2H3,(H2,15,16,17)(H2,18,19,20);;;;/q;4*+1/p-4. The summed E-state index contributed by atoms with van der Waals surface area (Å²) in [6.07, 6.45) is -2.44. The molecule has 28 heavy (non-hydrogen) atoms. The third kappa shape index (κ3) is 15.2. The van der Waals surface area contributed by atoms with Crippen LogP contribution in [0.15, 0.2) is 12.2 Å². The second kappa shape index (κ2) is 18.7. The normalized spacial score (nSPS) is 10.9. The van der Waals surface area contributed by atoms with E-state index in [2.05, 4.69) is 16.1 Å². The number of hydrogen-bond donors (Lipinski definition) is 1. The maximum absolute atomic E-state index is 11.3. The molecule has 0 aliphatic carbocycles. The summed E-state index contributed by atoms with van der Waals surface area (Å²) in [6, 6.07) is 0. The van der Waals surface area contributed by atoms with E-state index >= 15 is 0 Å². The van der Waals surface area contributed by atoms with Crippen LogP contribution in [-0.4, -0.2) is 35.3 Å². The van der Waals surface area contributed by atoms with E-state index in [4.69, 9.17) is 0 Å². The van der Waals surface area contributed by atoms with E-state index in [1.165, 1.54) is 6.92 Å². The third-order valence-electron chi connectivity index (χ3n) is 2.70. The summed E-state index contributed by atoms with van der Waals surface area (Å²) in [5.74, 6) is -1.64. The molecule has 0 heterocycles. The summed E-state index contributed by atoms with van der Waals surface area (Å²) in [7, 11) is -12.3. The first-order valence-electron chi connectivity index (χ1n) is 6.47. The minimum absolute atomic E-state index is 0. The molecule has 0 atom stereocenters. The fraction of sp³-hybridized carbons (Fsp3) is 0.636. The predicted octanol–water partition coefficient (Wildman–Crippen LogP) is -16.8. The Hall–Kier alpha value is 3.26. The van der Waals surface area contributed by atoms with Gasteiger partial charge < -0.3 is 43.9 Å². The quantitative estimate of drug-likeness (QED) is 0.102. The zero-order valence-corrected chi connectivity index (χ0v) is 26.5. The first-order valence-corrected chi connectivity index (χ1v) is 9.56. The zero-order chi connectivity index (χ0) is 19.2. The number of ether oxygens (including phenoxy) is 2. The molecule has 0 saturated carbocycles. The minimum atomic E-state index is -6.17. The third-order valence-corrected chi connectivity index (χ3v) is 6.37. The maximum Gasteiger partial charge on any atom is 1.00 e. The molecule has 0 aromatic heterocycles. The second-order valence-corrected chi connectivity index (χ2v) is 8.58. The van der Waals surface area contributed by atoms with Gasteiger partial charge in [0, 0.05) is 18.4 Å². The van der Waals surface area contributed by atoms with Crippen molar-refractivity contribution in [1.82, 2.24) is 0 Å². The Kier molecular flexibility index (Phi) is 27.7. The molecule has 0 rings (SSSR count). The Bertz CT molecular complexity index is 468. The molecule has 0 fully saturated rings. The van der Waals surface area contributed by atoms with Gasteiger partial charge in [0.05, 0.1) is 0 Å². The van der Waals surface area contributed by atoms with E-state index in [9.17, 15) is 44.1 Å². The number of rotatable bonds is 10. The molecule has 140 valence electrons. The van der Waals surface area contributed by atoms with Crippen LogP contribution < -0.4 is 148 Å². The van der Waals surface area contributed by atoms with Crippen LogP contribution in [0.5, 0.6) is 0 Å². The molecule has 0 amide bonds. The zero-order valence-electron chi connectivity index (χ0n) is 16.7. The van der Waals surface area contributed by atoms with E-state index in [1.54, 1.807) is 0 Å². The average molecular weight is 478 g/mol. The van der Waals surface area contributed by atoms with Gasteiger partial charge in [-0.3, -0.25) is 4.79 Å². The fourth-order valence-electron chi connectivity index (χ4n) is 1.38. The Morgan fingerprint density at radius 2 is 1.32 bits per heavy atom. The van der Waals surface area contributed by atoms with Crippen molar-refractivity contribution in [2.24, 2.45) is 0 Å². The molecular weight excluding hydrogens is 462 g/mol. The van der Waals surface area contributed by atoms with Crippen LogP contribution in [0.4, 0.5) is 0 Å². The minimum Gasteiger partial charge on any atom is -0.683 e. The van der Waals surface area contributed by atoms with Crippen molar-refractivity contribution in [2.75, 3.05) is 13.2 Å². The largest absolute Gasteiger partial charge is 1.00 e. The van der Waals surface area contributed by atoms with Crippen molar-refractivity contribution in [3.63, 3.8) is 0 Å².